The van der Waals surface area contributed by atoms with Crippen molar-refractivity contribution in [3.63, 3.8) is 0 Å². The monoisotopic (exact) mass is 308 g/mol. The quantitative estimate of drug-likeness (QED) is 0.864. The number of carboxylic acids is 1. The van der Waals surface area contributed by atoms with Crippen molar-refractivity contribution in [2.24, 2.45) is 0 Å². The van der Waals surface area contributed by atoms with Crippen molar-refractivity contribution >= 4 is 29.5 Å². The van der Waals surface area contributed by atoms with Gasteiger partial charge in [0.2, 0.25) is 11.8 Å². The van der Waals surface area contributed by atoms with Gasteiger partial charge in [0.05, 0.1) is 11.4 Å². The van der Waals surface area contributed by atoms with Crippen molar-refractivity contribution in [3.8, 4) is 0 Å². The maximum atomic E-state index is 12.1. The van der Waals surface area contributed by atoms with Gasteiger partial charge in [0, 0.05) is 19.2 Å². The molecule has 0 radical (unpaired) electrons. The van der Waals surface area contributed by atoms with E-state index in [0.717, 1.165) is 5.56 Å². The molecular formula is C14H16N2O4S. The van der Waals surface area contributed by atoms with Crippen LogP contribution in [-0.2, 0) is 16.1 Å². The molecule has 1 fully saturated rings. The number of nitrogens with zero attached hydrogens (tertiary/aromatic N) is 1. The average Bonchev–Trinajstić information content (AvgIpc) is 2.95. The minimum atomic E-state index is -0.981. The Bertz CT molecular complexity index is 559. The van der Waals surface area contributed by atoms with E-state index in [1.165, 1.54) is 19.1 Å². The lowest BCUT2D eigenvalue weighted by molar-refractivity contribution is -0.136. The Balaban J connectivity index is 1.91. The molecular weight excluding hydrogens is 292 g/mol. The Morgan fingerprint density at radius 1 is 1.33 bits per heavy atom. The van der Waals surface area contributed by atoms with Gasteiger partial charge in [-0.1, -0.05) is 12.1 Å². The molecule has 6 nitrogen and oxygen atoms in total. The normalized spacial score (nSPS) is 17.6. The van der Waals surface area contributed by atoms with Crippen molar-refractivity contribution in [1.82, 2.24) is 10.2 Å². The topological polar surface area (TPSA) is 86.7 Å². The molecule has 1 aliphatic heterocycles. The zero-order valence-electron chi connectivity index (χ0n) is 11.5. The number of hydrogen-bond acceptors (Lipinski definition) is 4. The second-order valence-electron chi connectivity index (χ2n) is 4.72. The zero-order valence-corrected chi connectivity index (χ0v) is 12.4. The highest BCUT2D eigenvalue weighted by Gasteiger charge is 2.32. The summed E-state index contributed by atoms with van der Waals surface area (Å²) >= 11 is 1.55. The second-order valence-corrected chi connectivity index (χ2v) is 5.72. The largest absolute Gasteiger partial charge is 0.478 e. The molecule has 0 spiro atoms. The molecule has 21 heavy (non-hydrogen) atoms. The summed E-state index contributed by atoms with van der Waals surface area (Å²) in [6, 6.07) is 5.89. The lowest BCUT2D eigenvalue weighted by atomic mass is 10.1. The van der Waals surface area contributed by atoms with Crippen molar-refractivity contribution in [1.29, 1.82) is 0 Å². The Hall–Kier alpha value is -2.02. The van der Waals surface area contributed by atoms with Crippen LogP contribution in [0, 0.1) is 0 Å². The maximum Gasteiger partial charge on any atom is 0.335 e. The fraction of sp³-hybridized carbons (Fsp3) is 0.357. The van der Waals surface area contributed by atoms with E-state index < -0.39 is 12.0 Å². The summed E-state index contributed by atoms with van der Waals surface area (Å²) in [4.78, 5) is 35.8. The van der Waals surface area contributed by atoms with Gasteiger partial charge in [-0.15, -0.1) is 11.8 Å². The van der Waals surface area contributed by atoms with Crippen molar-refractivity contribution in [2.45, 2.75) is 19.5 Å². The van der Waals surface area contributed by atoms with Crippen molar-refractivity contribution < 1.29 is 19.5 Å². The summed E-state index contributed by atoms with van der Waals surface area (Å²) in [5, 5.41) is 11.6. The van der Waals surface area contributed by atoms with E-state index in [0.29, 0.717) is 18.2 Å². The maximum absolute atomic E-state index is 12.1. The lowest BCUT2D eigenvalue weighted by Crippen LogP contribution is -2.46. The molecule has 2 amide bonds. The molecule has 7 heteroatoms. The van der Waals surface area contributed by atoms with Gasteiger partial charge < -0.3 is 15.3 Å². The first-order chi connectivity index (χ1) is 9.99. The summed E-state index contributed by atoms with van der Waals surface area (Å²) in [5.74, 6) is -0.126. The van der Waals surface area contributed by atoms with E-state index in [-0.39, 0.29) is 17.4 Å². The van der Waals surface area contributed by atoms with Crippen LogP contribution in [0.2, 0.25) is 0 Å². The second kappa shape index (κ2) is 6.62. The van der Waals surface area contributed by atoms with Gasteiger partial charge in [0.15, 0.2) is 0 Å². The van der Waals surface area contributed by atoms with Gasteiger partial charge >= 0.3 is 5.97 Å². The fourth-order valence-electron chi connectivity index (χ4n) is 2.04. The third kappa shape index (κ3) is 3.75. The molecule has 0 aliphatic carbocycles. The van der Waals surface area contributed by atoms with Crippen LogP contribution in [0.25, 0.3) is 0 Å². The first-order valence-corrected chi connectivity index (χ1v) is 7.59. The van der Waals surface area contributed by atoms with Gasteiger partial charge in [0.25, 0.3) is 0 Å². The predicted octanol–water partition coefficient (Wildman–Crippen LogP) is 0.922. The fourth-order valence-corrected chi connectivity index (χ4v) is 3.26. The van der Waals surface area contributed by atoms with Gasteiger partial charge in [0.1, 0.15) is 6.04 Å². The van der Waals surface area contributed by atoms with E-state index in [2.05, 4.69) is 5.32 Å². The third-order valence-corrected chi connectivity index (χ3v) is 4.27. The van der Waals surface area contributed by atoms with Crippen molar-refractivity contribution in [2.75, 3.05) is 11.6 Å². The first kappa shape index (κ1) is 15.4. The Labute approximate surface area is 126 Å². The smallest absolute Gasteiger partial charge is 0.335 e. The lowest BCUT2D eigenvalue weighted by Gasteiger charge is -2.21. The first-order valence-electron chi connectivity index (χ1n) is 6.44. The van der Waals surface area contributed by atoms with E-state index in [9.17, 15) is 14.4 Å². The standard InChI is InChI=1S/C14H16N2O4S/c1-9(17)16-8-21-7-12(16)13(18)15-6-10-2-4-11(5-3-10)14(19)20/h2-5,12H,6-8H2,1H3,(H,15,18)(H,19,20). The zero-order chi connectivity index (χ0) is 15.4. The highest BCUT2D eigenvalue weighted by atomic mass is 32.2. The van der Waals surface area contributed by atoms with Crippen LogP contribution in [0.1, 0.15) is 22.8 Å². The Morgan fingerprint density at radius 2 is 2.00 bits per heavy atom. The Kier molecular flexibility index (Phi) is 4.85. The van der Waals surface area contributed by atoms with E-state index in [1.807, 2.05) is 0 Å². The van der Waals surface area contributed by atoms with Crippen LogP contribution in [0.3, 0.4) is 0 Å². The number of amides is 2. The minimum Gasteiger partial charge on any atom is -0.478 e. The number of nitrogens with one attached hydrogen (secondary N) is 1. The molecule has 1 atom stereocenters. The Morgan fingerprint density at radius 3 is 2.57 bits per heavy atom. The summed E-state index contributed by atoms with van der Waals surface area (Å²) in [6.45, 7) is 1.77. The molecule has 1 heterocycles. The summed E-state index contributed by atoms with van der Waals surface area (Å²) < 4.78 is 0. The molecule has 2 rings (SSSR count). The molecule has 0 bridgehead atoms. The number of carboxylic acid groups (broad SMARTS) is 1. The number of hydrogen-bond donors (Lipinski definition) is 2. The number of benzene rings is 1. The highest BCUT2D eigenvalue weighted by Crippen LogP contribution is 2.21. The SMILES string of the molecule is CC(=O)N1CSCC1C(=O)NCc1ccc(C(=O)O)cc1. The van der Waals surface area contributed by atoms with Gasteiger partial charge in [-0.3, -0.25) is 9.59 Å². The van der Waals surface area contributed by atoms with Crippen molar-refractivity contribution in [3.05, 3.63) is 35.4 Å². The van der Waals surface area contributed by atoms with Crippen LogP contribution in [0.5, 0.6) is 0 Å². The average molecular weight is 308 g/mol. The highest BCUT2D eigenvalue weighted by molar-refractivity contribution is 7.99. The van der Waals surface area contributed by atoms with Gasteiger partial charge in [-0.05, 0) is 17.7 Å². The van der Waals surface area contributed by atoms with Crippen LogP contribution >= 0.6 is 11.8 Å². The summed E-state index contributed by atoms with van der Waals surface area (Å²) in [5.41, 5.74) is 1.02. The number of carbonyl (C=O) groups excluding carboxylic acids is 2. The number of aromatic carboxylic acids is 1. The molecule has 1 aromatic rings. The third-order valence-electron chi connectivity index (χ3n) is 3.26. The predicted molar refractivity (Wildman–Crippen MR) is 78.9 cm³/mol. The molecule has 1 aliphatic rings. The van der Waals surface area contributed by atoms with Crippen LogP contribution in [0.4, 0.5) is 0 Å². The molecule has 1 aromatic carbocycles. The van der Waals surface area contributed by atoms with Gasteiger partial charge in [-0.2, -0.15) is 0 Å². The molecule has 0 aromatic heterocycles. The molecule has 1 unspecified atom stereocenters. The number of rotatable bonds is 4. The summed E-state index contributed by atoms with van der Waals surface area (Å²) in [7, 11) is 0. The van der Waals surface area contributed by atoms with Gasteiger partial charge in [-0.25, -0.2) is 4.79 Å². The number of thioether (sulfide) groups is 1. The molecule has 112 valence electrons. The van der Waals surface area contributed by atoms with Crippen LogP contribution in [-0.4, -0.2) is 45.5 Å². The minimum absolute atomic E-state index is 0.106. The van der Waals surface area contributed by atoms with E-state index in [4.69, 9.17) is 5.11 Å². The van der Waals surface area contributed by atoms with Crippen LogP contribution < -0.4 is 5.32 Å². The van der Waals surface area contributed by atoms with E-state index >= 15 is 0 Å². The molecule has 1 saturated heterocycles. The number of carbonyl (C=O) groups is 3. The summed E-state index contributed by atoms with van der Waals surface area (Å²) in [6.07, 6.45) is 0. The molecule has 2 N–H and O–H groups in total. The van der Waals surface area contributed by atoms with E-state index in [1.54, 1.807) is 28.8 Å². The van der Waals surface area contributed by atoms with Crippen LogP contribution in [0.15, 0.2) is 24.3 Å². The molecule has 0 saturated carbocycles.